The number of nitrogens with one attached hydrogen (secondary N) is 2. The van der Waals surface area contributed by atoms with Crippen LogP contribution in [0, 0.1) is 19.8 Å². The largest absolute Gasteiger partial charge is 0.335 e. The average Bonchev–Trinajstić information content (AvgIpc) is 2.84. The van der Waals surface area contributed by atoms with E-state index in [0.717, 1.165) is 22.8 Å². The Balaban J connectivity index is 1.93. The van der Waals surface area contributed by atoms with E-state index in [1.807, 2.05) is 43.7 Å². The van der Waals surface area contributed by atoms with Crippen LogP contribution in [0.25, 0.3) is 5.82 Å². The van der Waals surface area contributed by atoms with Crippen molar-refractivity contribution < 1.29 is 4.79 Å². The number of urea groups is 1. The molecular formula is C17H25N5O. The van der Waals surface area contributed by atoms with Crippen molar-refractivity contribution in [1.29, 1.82) is 0 Å². The molecule has 0 saturated carbocycles. The molecule has 0 saturated heterocycles. The Kier molecular flexibility index (Phi) is 5.36. The number of aryl methyl sites for hydroxylation is 2. The normalized spacial score (nSPS) is 12.3. The summed E-state index contributed by atoms with van der Waals surface area (Å²) < 4.78 is 1.81. The van der Waals surface area contributed by atoms with Crippen LogP contribution in [0.4, 0.5) is 4.79 Å². The molecule has 6 heteroatoms. The Hall–Kier alpha value is -2.37. The molecule has 0 fully saturated rings. The van der Waals surface area contributed by atoms with Gasteiger partial charge in [0.2, 0.25) is 0 Å². The van der Waals surface area contributed by atoms with Crippen LogP contribution in [-0.2, 0) is 6.54 Å². The molecule has 0 radical (unpaired) electrons. The molecule has 0 aromatic carbocycles. The van der Waals surface area contributed by atoms with Crippen molar-refractivity contribution in [3.63, 3.8) is 0 Å². The van der Waals surface area contributed by atoms with Gasteiger partial charge in [0, 0.05) is 24.5 Å². The van der Waals surface area contributed by atoms with E-state index in [-0.39, 0.29) is 12.1 Å². The van der Waals surface area contributed by atoms with Crippen molar-refractivity contribution in [2.24, 2.45) is 5.92 Å². The van der Waals surface area contributed by atoms with E-state index in [2.05, 4.69) is 34.6 Å². The first-order valence-corrected chi connectivity index (χ1v) is 7.89. The Morgan fingerprint density at radius 3 is 2.52 bits per heavy atom. The quantitative estimate of drug-likeness (QED) is 0.891. The molecule has 0 aliphatic heterocycles. The number of amides is 2. The Labute approximate surface area is 137 Å². The summed E-state index contributed by atoms with van der Waals surface area (Å²) in [7, 11) is 0. The summed E-state index contributed by atoms with van der Waals surface area (Å²) >= 11 is 0. The number of carbonyl (C=O) groups is 1. The molecule has 0 aliphatic carbocycles. The average molecular weight is 315 g/mol. The van der Waals surface area contributed by atoms with Gasteiger partial charge >= 0.3 is 6.03 Å². The van der Waals surface area contributed by atoms with Gasteiger partial charge in [-0.15, -0.1) is 0 Å². The summed E-state index contributed by atoms with van der Waals surface area (Å²) in [6, 6.07) is 5.85. The van der Waals surface area contributed by atoms with Gasteiger partial charge in [-0.2, -0.15) is 5.10 Å². The SMILES string of the molecule is Cc1cc(C)n(-c2ccc(CNC(=O)NC(C)C(C)C)cn2)n1. The zero-order valence-electron chi connectivity index (χ0n) is 14.4. The number of carbonyl (C=O) groups excluding carboxylic acids is 1. The minimum Gasteiger partial charge on any atom is -0.335 e. The highest BCUT2D eigenvalue weighted by atomic mass is 16.2. The second-order valence-electron chi connectivity index (χ2n) is 6.22. The number of aromatic nitrogens is 3. The topological polar surface area (TPSA) is 71.8 Å². The van der Waals surface area contributed by atoms with Crippen molar-refractivity contribution in [3.05, 3.63) is 41.3 Å². The third-order valence-corrected chi connectivity index (χ3v) is 3.85. The third-order valence-electron chi connectivity index (χ3n) is 3.85. The predicted molar refractivity (Wildman–Crippen MR) is 90.5 cm³/mol. The summed E-state index contributed by atoms with van der Waals surface area (Å²) in [5.41, 5.74) is 2.96. The monoisotopic (exact) mass is 315 g/mol. The predicted octanol–water partition coefficient (Wildman–Crippen LogP) is 2.73. The van der Waals surface area contributed by atoms with Gasteiger partial charge in [-0.05, 0) is 44.4 Å². The Morgan fingerprint density at radius 2 is 2.00 bits per heavy atom. The zero-order chi connectivity index (χ0) is 17.0. The zero-order valence-corrected chi connectivity index (χ0v) is 14.4. The van der Waals surface area contributed by atoms with Crippen LogP contribution >= 0.6 is 0 Å². The fraction of sp³-hybridized carbons (Fsp3) is 0.471. The van der Waals surface area contributed by atoms with E-state index in [4.69, 9.17) is 0 Å². The van der Waals surface area contributed by atoms with Gasteiger partial charge in [0.15, 0.2) is 5.82 Å². The van der Waals surface area contributed by atoms with E-state index in [0.29, 0.717) is 12.5 Å². The number of rotatable bonds is 5. The molecule has 2 amide bonds. The van der Waals surface area contributed by atoms with Crippen molar-refractivity contribution >= 4 is 6.03 Å². The summed E-state index contributed by atoms with van der Waals surface area (Å²) in [5, 5.41) is 10.2. The molecule has 0 spiro atoms. The molecule has 23 heavy (non-hydrogen) atoms. The minimum atomic E-state index is -0.158. The lowest BCUT2D eigenvalue weighted by Crippen LogP contribution is -2.42. The minimum absolute atomic E-state index is 0.140. The first-order chi connectivity index (χ1) is 10.9. The van der Waals surface area contributed by atoms with Crippen LogP contribution in [0.2, 0.25) is 0 Å². The molecule has 1 atom stereocenters. The van der Waals surface area contributed by atoms with Gasteiger partial charge in [-0.1, -0.05) is 19.9 Å². The van der Waals surface area contributed by atoms with E-state index in [1.54, 1.807) is 6.20 Å². The van der Waals surface area contributed by atoms with Crippen LogP contribution in [0.3, 0.4) is 0 Å². The third kappa shape index (κ3) is 4.55. The molecule has 0 aliphatic rings. The highest BCUT2D eigenvalue weighted by Gasteiger charge is 2.10. The lowest BCUT2D eigenvalue weighted by Gasteiger charge is -2.17. The molecule has 2 N–H and O–H groups in total. The number of pyridine rings is 1. The smallest absolute Gasteiger partial charge is 0.315 e. The lowest BCUT2D eigenvalue weighted by atomic mass is 10.1. The first kappa shape index (κ1) is 17.0. The van der Waals surface area contributed by atoms with Gasteiger partial charge in [-0.3, -0.25) is 0 Å². The first-order valence-electron chi connectivity index (χ1n) is 7.89. The Bertz CT molecular complexity index is 660. The molecule has 2 aromatic heterocycles. The van der Waals surface area contributed by atoms with E-state index < -0.39 is 0 Å². The van der Waals surface area contributed by atoms with Crippen LogP contribution < -0.4 is 10.6 Å². The highest BCUT2D eigenvalue weighted by molar-refractivity contribution is 5.74. The summed E-state index contributed by atoms with van der Waals surface area (Å²) in [6.45, 7) is 10.5. The highest BCUT2D eigenvalue weighted by Crippen LogP contribution is 2.10. The fourth-order valence-corrected chi connectivity index (χ4v) is 2.11. The van der Waals surface area contributed by atoms with Crippen LogP contribution in [-0.4, -0.2) is 26.8 Å². The van der Waals surface area contributed by atoms with Crippen molar-refractivity contribution in [2.45, 2.75) is 47.2 Å². The molecule has 0 bridgehead atoms. The second kappa shape index (κ2) is 7.26. The van der Waals surface area contributed by atoms with Crippen LogP contribution in [0.5, 0.6) is 0 Å². The van der Waals surface area contributed by atoms with Gasteiger partial charge in [0.1, 0.15) is 0 Å². The Morgan fingerprint density at radius 1 is 1.26 bits per heavy atom. The van der Waals surface area contributed by atoms with Crippen molar-refractivity contribution in [3.8, 4) is 5.82 Å². The van der Waals surface area contributed by atoms with Crippen LogP contribution in [0.1, 0.15) is 37.7 Å². The molecule has 1 unspecified atom stereocenters. The molecule has 124 valence electrons. The molecule has 6 nitrogen and oxygen atoms in total. The number of hydrogen-bond acceptors (Lipinski definition) is 3. The molecular weight excluding hydrogens is 290 g/mol. The maximum Gasteiger partial charge on any atom is 0.315 e. The summed E-state index contributed by atoms with van der Waals surface area (Å²) in [5.74, 6) is 1.18. The van der Waals surface area contributed by atoms with E-state index >= 15 is 0 Å². The molecule has 2 rings (SSSR count). The molecule has 2 heterocycles. The van der Waals surface area contributed by atoms with E-state index in [1.165, 1.54) is 0 Å². The second-order valence-corrected chi connectivity index (χ2v) is 6.22. The van der Waals surface area contributed by atoms with E-state index in [9.17, 15) is 4.79 Å². The van der Waals surface area contributed by atoms with Gasteiger partial charge in [-0.25, -0.2) is 14.5 Å². The van der Waals surface area contributed by atoms with Gasteiger partial charge in [0.25, 0.3) is 0 Å². The van der Waals surface area contributed by atoms with Crippen molar-refractivity contribution in [1.82, 2.24) is 25.4 Å². The standard InChI is InChI=1S/C17H25N5O/c1-11(2)14(5)20-17(23)19-10-15-6-7-16(18-9-15)22-13(4)8-12(3)21-22/h6-9,11,14H,10H2,1-5H3,(H2,19,20,23). The number of hydrogen-bond donors (Lipinski definition) is 2. The van der Waals surface area contributed by atoms with Gasteiger partial charge < -0.3 is 10.6 Å². The van der Waals surface area contributed by atoms with Gasteiger partial charge in [0.05, 0.1) is 5.69 Å². The maximum absolute atomic E-state index is 11.8. The summed E-state index contributed by atoms with van der Waals surface area (Å²) in [6.07, 6.45) is 1.76. The molecule has 2 aromatic rings. The lowest BCUT2D eigenvalue weighted by molar-refractivity contribution is 0.234. The van der Waals surface area contributed by atoms with Crippen LogP contribution in [0.15, 0.2) is 24.4 Å². The fourth-order valence-electron chi connectivity index (χ4n) is 2.11. The number of nitrogens with zero attached hydrogens (tertiary/aromatic N) is 3. The maximum atomic E-state index is 11.8. The van der Waals surface area contributed by atoms with Crippen molar-refractivity contribution in [2.75, 3.05) is 0 Å². The summed E-state index contributed by atoms with van der Waals surface area (Å²) in [4.78, 5) is 16.2.